The Morgan fingerprint density at radius 2 is 1.80 bits per heavy atom. The van der Waals surface area contributed by atoms with E-state index in [1.54, 1.807) is 0 Å². The van der Waals surface area contributed by atoms with E-state index in [1.165, 1.54) is 18.2 Å². The van der Waals surface area contributed by atoms with Gasteiger partial charge in [-0.05, 0) is 42.8 Å². The second-order valence-corrected chi connectivity index (χ2v) is 7.30. The molecule has 0 aliphatic heterocycles. The molecule has 2 aromatic rings. The molecule has 134 valence electrons. The van der Waals surface area contributed by atoms with Crippen LogP contribution in [-0.2, 0) is 9.84 Å². The lowest BCUT2D eigenvalue weighted by molar-refractivity contribution is 0.100. The van der Waals surface area contributed by atoms with E-state index >= 15 is 0 Å². The number of nitrogens with one attached hydrogen (secondary N) is 1. The maximum Gasteiger partial charge on any atom is 0.280 e. The number of guanidine groups is 1. The van der Waals surface area contributed by atoms with Crippen LogP contribution in [0.3, 0.4) is 0 Å². The predicted molar refractivity (Wildman–Crippen MR) is 101 cm³/mol. The average molecular weight is 383 g/mol. The summed E-state index contributed by atoms with van der Waals surface area (Å²) in [4.78, 5) is 15.3. The Balaban J connectivity index is 0.00000312. The lowest BCUT2D eigenvalue weighted by Crippen LogP contribution is -2.24. The predicted octanol–water partition coefficient (Wildman–Crippen LogP) is 1.98. The molecule has 0 bridgehead atoms. The Bertz CT molecular complexity index is 923. The number of hydrogen-bond acceptors (Lipinski definition) is 4. The van der Waals surface area contributed by atoms with E-state index in [0.29, 0.717) is 5.69 Å². The number of benzene rings is 2. The van der Waals surface area contributed by atoms with Crippen molar-refractivity contribution in [3.63, 3.8) is 0 Å². The van der Waals surface area contributed by atoms with Gasteiger partial charge in [0.2, 0.25) is 0 Å². The van der Waals surface area contributed by atoms with Crippen LogP contribution in [0.1, 0.15) is 15.9 Å². The van der Waals surface area contributed by atoms with Crippen LogP contribution in [0.4, 0.5) is 11.4 Å². The molecule has 0 radical (unpaired) electrons. The first-order valence-electron chi connectivity index (χ1n) is 6.98. The summed E-state index contributed by atoms with van der Waals surface area (Å²) in [7, 11) is -3.57. The van der Waals surface area contributed by atoms with Crippen LogP contribution in [-0.4, -0.2) is 26.5 Å². The summed E-state index contributed by atoms with van der Waals surface area (Å²) in [6.07, 6.45) is 1.07. The third-order valence-corrected chi connectivity index (χ3v) is 4.29. The number of rotatable bonds is 4. The molecule has 25 heavy (non-hydrogen) atoms. The maximum absolute atomic E-state index is 12.1. The van der Waals surface area contributed by atoms with Crippen LogP contribution in [0.5, 0.6) is 0 Å². The summed E-state index contributed by atoms with van der Waals surface area (Å²) >= 11 is 0. The molecular weight excluding hydrogens is 364 g/mol. The van der Waals surface area contributed by atoms with Gasteiger partial charge in [-0.25, -0.2) is 8.42 Å². The zero-order valence-electron chi connectivity index (χ0n) is 13.7. The summed E-state index contributed by atoms with van der Waals surface area (Å²) in [6, 6.07) is 11.7. The van der Waals surface area contributed by atoms with Gasteiger partial charge in [0.15, 0.2) is 15.8 Å². The molecule has 0 aromatic heterocycles. The number of amides is 1. The summed E-state index contributed by atoms with van der Waals surface area (Å²) in [5.41, 5.74) is 12.6. The van der Waals surface area contributed by atoms with Crippen molar-refractivity contribution < 1.29 is 13.2 Å². The molecule has 0 aliphatic carbocycles. The molecule has 0 unspecified atom stereocenters. The van der Waals surface area contributed by atoms with Crippen molar-refractivity contribution >= 4 is 45.5 Å². The maximum atomic E-state index is 12.1. The number of sulfone groups is 1. The van der Waals surface area contributed by atoms with Gasteiger partial charge in [0.25, 0.3) is 5.91 Å². The highest BCUT2D eigenvalue weighted by atomic mass is 35.5. The van der Waals surface area contributed by atoms with Crippen LogP contribution >= 0.6 is 12.4 Å². The lowest BCUT2D eigenvalue weighted by Gasteiger charge is -2.12. The highest BCUT2D eigenvalue weighted by Crippen LogP contribution is 2.27. The Kier molecular flexibility index (Phi) is 6.55. The van der Waals surface area contributed by atoms with Crippen LogP contribution in [0.15, 0.2) is 52.4 Å². The molecule has 0 aliphatic rings. The molecule has 2 aromatic carbocycles. The van der Waals surface area contributed by atoms with E-state index in [1.807, 2.05) is 31.2 Å². The first kappa shape index (κ1) is 20.5. The highest BCUT2D eigenvalue weighted by molar-refractivity contribution is 7.90. The van der Waals surface area contributed by atoms with E-state index in [4.69, 9.17) is 11.5 Å². The third-order valence-electron chi connectivity index (χ3n) is 3.16. The Morgan fingerprint density at radius 1 is 1.12 bits per heavy atom. The fourth-order valence-corrected chi connectivity index (χ4v) is 2.99. The Morgan fingerprint density at radius 3 is 2.36 bits per heavy atom. The summed E-state index contributed by atoms with van der Waals surface area (Å²) < 4.78 is 24.1. The van der Waals surface area contributed by atoms with Crippen molar-refractivity contribution in [1.29, 1.82) is 0 Å². The normalized spacial score (nSPS) is 10.5. The molecule has 0 spiro atoms. The minimum Gasteiger partial charge on any atom is -0.370 e. The standard InChI is InChI=1S/C16H18N4O3S.ClH/c1-10-4-3-5-12(8-10)19-13-7-6-11(15(21)20-16(17)18)9-14(13)24(2,22)23;/h3-9,19H,1-2H3,(H4,17,18,20,21);1H. The monoisotopic (exact) mass is 382 g/mol. The van der Waals surface area contributed by atoms with Crippen molar-refractivity contribution in [2.24, 2.45) is 16.5 Å². The number of aliphatic imine (C=N–C) groups is 1. The first-order valence-corrected chi connectivity index (χ1v) is 8.88. The molecular formula is C16H19ClN4O3S. The second kappa shape index (κ2) is 8.00. The van der Waals surface area contributed by atoms with Crippen molar-refractivity contribution in [3.8, 4) is 0 Å². The van der Waals surface area contributed by atoms with Gasteiger partial charge in [-0.2, -0.15) is 4.99 Å². The molecule has 7 nitrogen and oxygen atoms in total. The molecule has 5 N–H and O–H groups in total. The van der Waals surface area contributed by atoms with Crippen LogP contribution in [0.25, 0.3) is 0 Å². The molecule has 1 amide bonds. The number of nitrogens with zero attached hydrogens (tertiary/aromatic N) is 1. The second-order valence-electron chi connectivity index (χ2n) is 5.32. The fourth-order valence-electron chi connectivity index (χ4n) is 2.13. The molecule has 0 saturated carbocycles. The molecule has 9 heteroatoms. The molecule has 2 rings (SSSR count). The SMILES string of the molecule is Cc1cccc(Nc2ccc(C(=O)N=C(N)N)cc2S(C)(=O)=O)c1.Cl. The summed E-state index contributed by atoms with van der Waals surface area (Å²) in [5, 5.41) is 3.05. The Labute approximate surface area is 152 Å². The zero-order valence-corrected chi connectivity index (χ0v) is 15.3. The number of aryl methyl sites for hydroxylation is 1. The molecule has 0 heterocycles. The zero-order chi connectivity index (χ0) is 17.9. The van der Waals surface area contributed by atoms with Crippen LogP contribution < -0.4 is 16.8 Å². The number of anilines is 2. The van der Waals surface area contributed by atoms with E-state index in [-0.39, 0.29) is 28.8 Å². The smallest absolute Gasteiger partial charge is 0.280 e. The van der Waals surface area contributed by atoms with Gasteiger partial charge in [0.1, 0.15) is 0 Å². The largest absolute Gasteiger partial charge is 0.370 e. The van der Waals surface area contributed by atoms with Gasteiger partial charge >= 0.3 is 0 Å². The van der Waals surface area contributed by atoms with Crippen LogP contribution in [0, 0.1) is 6.92 Å². The number of hydrogen-bond donors (Lipinski definition) is 3. The summed E-state index contributed by atoms with van der Waals surface area (Å²) in [5.74, 6) is -1.09. The van der Waals surface area contributed by atoms with Crippen molar-refractivity contribution in [2.45, 2.75) is 11.8 Å². The molecule has 0 fully saturated rings. The lowest BCUT2D eigenvalue weighted by atomic mass is 10.1. The average Bonchev–Trinajstić information content (AvgIpc) is 2.45. The van der Waals surface area contributed by atoms with Gasteiger partial charge < -0.3 is 16.8 Å². The third kappa shape index (κ3) is 5.47. The van der Waals surface area contributed by atoms with Crippen molar-refractivity contribution in [1.82, 2.24) is 0 Å². The number of halogens is 1. The quantitative estimate of drug-likeness (QED) is 0.548. The van der Waals surface area contributed by atoms with E-state index in [0.717, 1.165) is 17.5 Å². The number of carbonyl (C=O) groups excluding carboxylic acids is 1. The van der Waals surface area contributed by atoms with Crippen LogP contribution in [0.2, 0.25) is 0 Å². The minimum absolute atomic E-state index is 0. The van der Waals surface area contributed by atoms with Crippen molar-refractivity contribution in [2.75, 3.05) is 11.6 Å². The van der Waals surface area contributed by atoms with Gasteiger partial charge in [-0.1, -0.05) is 12.1 Å². The van der Waals surface area contributed by atoms with E-state index in [2.05, 4.69) is 10.3 Å². The summed E-state index contributed by atoms with van der Waals surface area (Å²) in [6.45, 7) is 1.93. The first-order chi connectivity index (χ1) is 11.2. The van der Waals surface area contributed by atoms with Gasteiger partial charge in [-0.3, -0.25) is 4.79 Å². The number of carbonyl (C=O) groups is 1. The Hall–Kier alpha value is -2.58. The highest BCUT2D eigenvalue weighted by Gasteiger charge is 2.17. The van der Waals surface area contributed by atoms with E-state index < -0.39 is 15.7 Å². The topological polar surface area (TPSA) is 128 Å². The van der Waals surface area contributed by atoms with Gasteiger partial charge in [0, 0.05) is 17.5 Å². The van der Waals surface area contributed by atoms with Gasteiger partial charge in [0.05, 0.1) is 10.6 Å². The van der Waals surface area contributed by atoms with E-state index in [9.17, 15) is 13.2 Å². The molecule has 0 atom stereocenters. The van der Waals surface area contributed by atoms with Crippen molar-refractivity contribution in [3.05, 3.63) is 53.6 Å². The molecule has 0 saturated heterocycles. The van der Waals surface area contributed by atoms with Gasteiger partial charge in [-0.15, -0.1) is 12.4 Å². The minimum atomic E-state index is -3.57. The number of nitrogens with two attached hydrogens (primary N) is 2. The fraction of sp³-hybridized carbons (Fsp3) is 0.125.